The number of hydrogen-bond donors (Lipinski definition) is 0. The first-order valence-corrected chi connectivity index (χ1v) is 7.08. The second kappa shape index (κ2) is 5.57. The van der Waals surface area contributed by atoms with Crippen LogP contribution in [0.5, 0.6) is 0 Å². The standard InChI is InChI=1S/C15H22N2O2/c1-18-14-9-15(19-12-14)4-7-17(8-5-15)11-13-3-2-6-16-10-13/h2-3,6,10,14H,4-5,7-9,11-12H2,1H3/t14-/m1/s1. The first kappa shape index (κ1) is 13.0. The largest absolute Gasteiger partial charge is 0.379 e. The Kier molecular flexibility index (Phi) is 3.82. The average molecular weight is 262 g/mol. The molecule has 2 aliphatic heterocycles. The van der Waals surface area contributed by atoms with E-state index in [1.54, 1.807) is 7.11 Å². The maximum absolute atomic E-state index is 6.02. The van der Waals surface area contributed by atoms with Crippen LogP contribution in [0.15, 0.2) is 24.5 Å². The van der Waals surface area contributed by atoms with E-state index in [9.17, 15) is 0 Å². The molecule has 4 nitrogen and oxygen atoms in total. The zero-order chi connectivity index (χ0) is 13.1. The molecule has 1 aromatic heterocycles. The molecule has 104 valence electrons. The van der Waals surface area contributed by atoms with Crippen LogP contribution in [0.3, 0.4) is 0 Å². The highest BCUT2D eigenvalue weighted by molar-refractivity contribution is 5.08. The van der Waals surface area contributed by atoms with Crippen molar-refractivity contribution < 1.29 is 9.47 Å². The van der Waals surface area contributed by atoms with E-state index < -0.39 is 0 Å². The average Bonchev–Trinajstić information content (AvgIpc) is 2.86. The second-order valence-corrected chi connectivity index (χ2v) is 5.69. The van der Waals surface area contributed by atoms with Crippen molar-refractivity contribution >= 4 is 0 Å². The van der Waals surface area contributed by atoms with Gasteiger partial charge in [0.15, 0.2) is 0 Å². The summed E-state index contributed by atoms with van der Waals surface area (Å²) in [5, 5.41) is 0. The Hall–Kier alpha value is -0.970. The molecule has 1 aromatic rings. The highest BCUT2D eigenvalue weighted by Gasteiger charge is 2.42. The summed E-state index contributed by atoms with van der Waals surface area (Å²) in [6.45, 7) is 3.97. The van der Waals surface area contributed by atoms with Gasteiger partial charge in [0.25, 0.3) is 0 Å². The van der Waals surface area contributed by atoms with Gasteiger partial charge in [-0.1, -0.05) is 6.07 Å². The van der Waals surface area contributed by atoms with Gasteiger partial charge in [-0.25, -0.2) is 0 Å². The molecular weight excluding hydrogens is 240 g/mol. The molecule has 0 aliphatic carbocycles. The van der Waals surface area contributed by atoms with Crippen molar-refractivity contribution in [2.24, 2.45) is 0 Å². The molecule has 3 rings (SSSR count). The summed E-state index contributed by atoms with van der Waals surface area (Å²) < 4.78 is 11.4. The van der Waals surface area contributed by atoms with E-state index in [2.05, 4.69) is 16.0 Å². The van der Waals surface area contributed by atoms with E-state index in [1.165, 1.54) is 5.56 Å². The van der Waals surface area contributed by atoms with E-state index in [4.69, 9.17) is 9.47 Å². The van der Waals surface area contributed by atoms with Crippen molar-refractivity contribution in [3.05, 3.63) is 30.1 Å². The van der Waals surface area contributed by atoms with E-state index in [1.807, 2.05) is 18.5 Å². The summed E-state index contributed by atoms with van der Waals surface area (Å²) in [6.07, 6.45) is 7.37. The number of rotatable bonds is 3. The number of nitrogens with zero attached hydrogens (tertiary/aromatic N) is 2. The van der Waals surface area contributed by atoms with E-state index in [0.717, 1.165) is 45.5 Å². The Morgan fingerprint density at radius 3 is 2.95 bits per heavy atom. The van der Waals surface area contributed by atoms with Gasteiger partial charge in [0.05, 0.1) is 18.3 Å². The molecule has 3 heterocycles. The van der Waals surface area contributed by atoms with Crippen molar-refractivity contribution in [3.63, 3.8) is 0 Å². The summed E-state index contributed by atoms with van der Waals surface area (Å²) in [5.41, 5.74) is 1.38. The Labute approximate surface area is 114 Å². The minimum Gasteiger partial charge on any atom is -0.379 e. The lowest BCUT2D eigenvalue weighted by molar-refractivity contribution is -0.0460. The van der Waals surface area contributed by atoms with Gasteiger partial charge < -0.3 is 9.47 Å². The summed E-state index contributed by atoms with van der Waals surface area (Å²) in [4.78, 5) is 6.67. The number of aromatic nitrogens is 1. The maximum Gasteiger partial charge on any atom is 0.0832 e. The second-order valence-electron chi connectivity index (χ2n) is 5.69. The number of ether oxygens (including phenoxy) is 2. The Morgan fingerprint density at radius 2 is 2.32 bits per heavy atom. The van der Waals surface area contributed by atoms with E-state index in [-0.39, 0.29) is 5.60 Å². The normalized spacial score (nSPS) is 26.9. The van der Waals surface area contributed by atoms with Crippen LogP contribution in [0.25, 0.3) is 0 Å². The van der Waals surface area contributed by atoms with Gasteiger partial charge in [0.1, 0.15) is 0 Å². The van der Waals surface area contributed by atoms with Crippen LogP contribution in [-0.2, 0) is 16.0 Å². The lowest BCUT2D eigenvalue weighted by Crippen LogP contribution is -2.43. The molecule has 0 radical (unpaired) electrons. The Balaban J connectivity index is 1.53. The molecule has 2 saturated heterocycles. The van der Waals surface area contributed by atoms with Crippen molar-refractivity contribution in [1.29, 1.82) is 0 Å². The predicted octanol–water partition coefficient (Wildman–Crippen LogP) is 1.85. The Morgan fingerprint density at radius 1 is 1.47 bits per heavy atom. The zero-order valence-electron chi connectivity index (χ0n) is 11.5. The third kappa shape index (κ3) is 2.96. The molecule has 1 atom stereocenters. The van der Waals surface area contributed by atoms with Crippen LogP contribution in [0.4, 0.5) is 0 Å². The van der Waals surface area contributed by atoms with Crippen molar-refractivity contribution in [1.82, 2.24) is 9.88 Å². The number of hydrogen-bond acceptors (Lipinski definition) is 4. The predicted molar refractivity (Wildman–Crippen MR) is 72.8 cm³/mol. The minimum absolute atomic E-state index is 0.0894. The van der Waals surface area contributed by atoms with Gasteiger partial charge in [0.2, 0.25) is 0 Å². The molecule has 1 spiro atoms. The molecule has 0 unspecified atom stereocenters. The third-order valence-corrected chi connectivity index (χ3v) is 4.40. The van der Waals surface area contributed by atoms with Gasteiger partial charge in [-0.15, -0.1) is 0 Å². The van der Waals surface area contributed by atoms with Gasteiger partial charge >= 0.3 is 0 Å². The molecule has 2 aliphatic rings. The molecule has 0 saturated carbocycles. The molecule has 4 heteroatoms. The number of pyridine rings is 1. The van der Waals surface area contributed by atoms with Crippen LogP contribution >= 0.6 is 0 Å². The van der Waals surface area contributed by atoms with Gasteiger partial charge in [-0.2, -0.15) is 0 Å². The number of methoxy groups -OCH3 is 1. The van der Waals surface area contributed by atoms with Gasteiger partial charge in [-0.05, 0) is 24.5 Å². The van der Waals surface area contributed by atoms with Crippen LogP contribution < -0.4 is 0 Å². The summed E-state index contributed by atoms with van der Waals surface area (Å²) in [6, 6.07) is 4.15. The Bertz CT molecular complexity index is 402. The lowest BCUT2D eigenvalue weighted by Gasteiger charge is -2.38. The van der Waals surface area contributed by atoms with Crippen molar-refractivity contribution in [3.8, 4) is 0 Å². The lowest BCUT2D eigenvalue weighted by atomic mass is 9.88. The molecule has 0 amide bonds. The fourth-order valence-electron chi connectivity index (χ4n) is 3.17. The maximum atomic E-state index is 6.02. The zero-order valence-corrected chi connectivity index (χ0v) is 11.5. The smallest absolute Gasteiger partial charge is 0.0832 e. The fraction of sp³-hybridized carbons (Fsp3) is 0.667. The van der Waals surface area contributed by atoms with Crippen LogP contribution in [0.1, 0.15) is 24.8 Å². The van der Waals surface area contributed by atoms with E-state index >= 15 is 0 Å². The fourth-order valence-corrected chi connectivity index (χ4v) is 3.17. The molecule has 19 heavy (non-hydrogen) atoms. The summed E-state index contributed by atoms with van der Waals surface area (Å²) >= 11 is 0. The van der Waals surface area contributed by atoms with Gasteiger partial charge in [-0.3, -0.25) is 9.88 Å². The molecule has 2 fully saturated rings. The summed E-state index contributed by atoms with van der Waals surface area (Å²) in [7, 11) is 1.78. The summed E-state index contributed by atoms with van der Waals surface area (Å²) in [5.74, 6) is 0. The molecule has 0 N–H and O–H groups in total. The van der Waals surface area contributed by atoms with Gasteiger partial charge in [0, 0.05) is 45.6 Å². The van der Waals surface area contributed by atoms with Crippen molar-refractivity contribution in [2.45, 2.75) is 37.5 Å². The minimum atomic E-state index is 0.0894. The topological polar surface area (TPSA) is 34.6 Å². The first-order valence-electron chi connectivity index (χ1n) is 7.08. The van der Waals surface area contributed by atoms with Crippen LogP contribution in [0.2, 0.25) is 0 Å². The van der Waals surface area contributed by atoms with Crippen molar-refractivity contribution in [2.75, 3.05) is 26.8 Å². The van der Waals surface area contributed by atoms with E-state index in [0.29, 0.717) is 6.10 Å². The SMILES string of the molecule is CO[C@H]1COC2(CCN(Cc3cccnc3)CC2)C1. The molecule has 0 bridgehead atoms. The third-order valence-electron chi connectivity index (χ3n) is 4.40. The molecule has 0 aromatic carbocycles. The number of likely N-dealkylation sites (tertiary alicyclic amines) is 1. The highest BCUT2D eigenvalue weighted by Crippen LogP contribution is 2.36. The highest BCUT2D eigenvalue weighted by atomic mass is 16.6. The quantitative estimate of drug-likeness (QED) is 0.832. The number of piperidine rings is 1. The first-order chi connectivity index (χ1) is 9.30. The van der Waals surface area contributed by atoms with Crippen LogP contribution in [-0.4, -0.2) is 48.4 Å². The van der Waals surface area contributed by atoms with Crippen LogP contribution in [0, 0.1) is 0 Å². The molecular formula is C15H22N2O2. The monoisotopic (exact) mass is 262 g/mol.